The molecule has 0 aromatic heterocycles. The molecule has 1 aliphatic carbocycles. The minimum absolute atomic E-state index is 0.0438. The van der Waals surface area contributed by atoms with Crippen molar-refractivity contribution in [3.8, 4) is 5.75 Å². The molecule has 0 radical (unpaired) electrons. The second-order valence-electron chi connectivity index (χ2n) is 6.09. The van der Waals surface area contributed by atoms with E-state index in [1.165, 1.54) is 11.1 Å². The van der Waals surface area contributed by atoms with Crippen molar-refractivity contribution < 1.29 is 9.53 Å². The van der Waals surface area contributed by atoms with Crippen LogP contribution in [-0.4, -0.2) is 18.1 Å². The number of carbonyl (C=O) groups excluding carboxylic acids is 1. The number of nitrogens with two attached hydrogens (primary N) is 1. The first-order valence-corrected chi connectivity index (χ1v) is 6.67. The Morgan fingerprint density at radius 3 is 2.89 bits per heavy atom. The maximum absolute atomic E-state index is 11.7. The average molecular weight is 262 g/mol. The highest BCUT2D eigenvalue weighted by Crippen LogP contribution is 2.31. The summed E-state index contributed by atoms with van der Waals surface area (Å²) in [5.41, 5.74) is 8.19. The standard InChI is InChI=1S/C15H22N2O2/c1-15(2,3)17-14(18)9-19-11-5-6-12-10(8-11)4-7-13(12)16/h5-6,8,13H,4,7,9,16H2,1-3H3,(H,17,18)/t13-/m1/s1. The number of hydrogen-bond donors (Lipinski definition) is 2. The predicted molar refractivity (Wildman–Crippen MR) is 75.1 cm³/mol. The maximum atomic E-state index is 11.7. The number of carbonyl (C=O) groups is 1. The third kappa shape index (κ3) is 3.70. The Labute approximate surface area is 114 Å². The van der Waals surface area contributed by atoms with Gasteiger partial charge in [0.15, 0.2) is 6.61 Å². The lowest BCUT2D eigenvalue weighted by Crippen LogP contribution is -2.43. The molecule has 1 aliphatic rings. The van der Waals surface area contributed by atoms with Crippen LogP contribution in [0.3, 0.4) is 0 Å². The Morgan fingerprint density at radius 2 is 2.21 bits per heavy atom. The van der Waals surface area contributed by atoms with Gasteiger partial charge in [-0.1, -0.05) is 6.07 Å². The van der Waals surface area contributed by atoms with Gasteiger partial charge in [0.2, 0.25) is 0 Å². The molecule has 0 spiro atoms. The van der Waals surface area contributed by atoms with E-state index in [0.717, 1.165) is 18.6 Å². The van der Waals surface area contributed by atoms with Crippen molar-refractivity contribution in [2.75, 3.05) is 6.61 Å². The van der Waals surface area contributed by atoms with Gasteiger partial charge in [0.05, 0.1) is 0 Å². The lowest BCUT2D eigenvalue weighted by atomic mass is 10.1. The fourth-order valence-electron chi connectivity index (χ4n) is 2.32. The Kier molecular flexibility index (Phi) is 3.80. The summed E-state index contributed by atoms with van der Waals surface area (Å²) in [7, 11) is 0. The summed E-state index contributed by atoms with van der Waals surface area (Å²) in [5, 5.41) is 2.86. The van der Waals surface area contributed by atoms with Crippen LogP contribution in [0.15, 0.2) is 18.2 Å². The highest BCUT2D eigenvalue weighted by Gasteiger charge is 2.19. The summed E-state index contributed by atoms with van der Waals surface area (Å²) in [4.78, 5) is 11.7. The fraction of sp³-hybridized carbons (Fsp3) is 0.533. The largest absolute Gasteiger partial charge is 0.484 e. The molecule has 104 valence electrons. The molecule has 1 amide bonds. The monoisotopic (exact) mass is 262 g/mol. The van der Waals surface area contributed by atoms with E-state index in [0.29, 0.717) is 0 Å². The van der Waals surface area contributed by atoms with E-state index in [9.17, 15) is 4.79 Å². The van der Waals surface area contributed by atoms with Crippen LogP contribution in [0.5, 0.6) is 5.75 Å². The molecular formula is C15H22N2O2. The predicted octanol–water partition coefficient (Wildman–Crippen LogP) is 1.93. The van der Waals surface area contributed by atoms with Crippen LogP contribution in [0.25, 0.3) is 0 Å². The molecule has 1 aromatic rings. The van der Waals surface area contributed by atoms with Gasteiger partial charge < -0.3 is 15.8 Å². The Morgan fingerprint density at radius 1 is 1.47 bits per heavy atom. The number of amides is 1. The number of benzene rings is 1. The van der Waals surface area contributed by atoms with Crippen molar-refractivity contribution in [1.82, 2.24) is 5.32 Å². The first-order chi connectivity index (χ1) is 8.85. The highest BCUT2D eigenvalue weighted by atomic mass is 16.5. The minimum Gasteiger partial charge on any atom is -0.484 e. The molecule has 0 bridgehead atoms. The second-order valence-corrected chi connectivity index (χ2v) is 6.09. The van der Waals surface area contributed by atoms with E-state index in [1.54, 1.807) is 0 Å². The van der Waals surface area contributed by atoms with Gasteiger partial charge in [-0.2, -0.15) is 0 Å². The first-order valence-electron chi connectivity index (χ1n) is 6.67. The molecule has 4 nitrogen and oxygen atoms in total. The third-order valence-corrected chi connectivity index (χ3v) is 3.12. The number of fused-ring (bicyclic) bond motifs is 1. The zero-order valence-electron chi connectivity index (χ0n) is 11.8. The van der Waals surface area contributed by atoms with Crippen LogP contribution in [0.2, 0.25) is 0 Å². The third-order valence-electron chi connectivity index (χ3n) is 3.12. The smallest absolute Gasteiger partial charge is 0.258 e. The SMILES string of the molecule is CC(C)(C)NC(=O)COc1ccc2c(c1)CC[C@H]2N. The molecule has 0 aliphatic heterocycles. The molecule has 0 heterocycles. The van der Waals surface area contributed by atoms with E-state index in [-0.39, 0.29) is 24.1 Å². The van der Waals surface area contributed by atoms with E-state index < -0.39 is 0 Å². The summed E-state index contributed by atoms with van der Waals surface area (Å²) in [6.45, 7) is 5.88. The molecule has 4 heteroatoms. The Hall–Kier alpha value is -1.55. The molecule has 0 unspecified atom stereocenters. The van der Waals surface area contributed by atoms with E-state index >= 15 is 0 Å². The lowest BCUT2D eigenvalue weighted by Gasteiger charge is -2.20. The van der Waals surface area contributed by atoms with Crippen molar-refractivity contribution in [3.63, 3.8) is 0 Å². The first kappa shape index (κ1) is 13.9. The number of ether oxygens (including phenoxy) is 1. The fourth-order valence-corrected chi connectivity index (χ4v) is 2.32. The lowest BCUT2D eigenvalue weighted by molar-refractivity contribution is -0.124. The number of rotatable bonds is 3. The number of aryl methyl sites for hydroxylation is 1. The van der Waals surface area contributed by atoms with Crippen molar-refractivity contribution in [3.05, 3.63) is 29.3 Å². The summed E-state index contributed by atoms with van der Waals surface area (Å²) < 4.78 is 5.52. The van der Waals surface area contributed by atoms with Gasteiger partial charge in [-0.05, 0) is 56.9 Å². The highest BCUT2D eigenvalue weighted by molar-refractivity contribution is 5.78. The summed E-state index contributed by atoms with van der Waals surface area (Å²) >= 11 is 0. The van der Waals surface area contributed by atoms with Gasteiger partial charge in [0, 0.05) is 11.6 Å². The zero-order chi connectivity index (χ0) is 14.0. The quantitative estimate of drug-likeness (QED) is 0.874. The summed E-state index contributed by atoms with van der Waals surface area (Å²) in [6, 6.07) is 6.03. The molecule has 2 rings (SSSR count). The summed E-state index contributed by atoms with van der Waals surface area (Å²) in [6.07, 6.45) is 1.98. The average Bonchev–Trinajstić information content (AvgIpc) is 2.66. The van der Waals surface area contributed by atoms with Gasteiger partial charge >= 0.3 is 0 Å². The van der Waals surface area contributed by atoms with Crippen molar-refractivity contribution in [2.24, 2.45) is 5.73 Å². The second kappa shape index (κ2) is 5.21. The number of hydrogen-bond acceptors (Lipinski definition) is 3. The van der Waals surface area contributed by atoms with Crippen LogP contribution >= 0.6 is 0 Å². The van der Waals surface area contributed by atoms with Crippen LogP contribution in [-0.2, 0) is 11.2 Å². The van der Waals surface area contributed by atoms with Crippen LogP contribution in [0.4, 0.5) is 0 Å². The maximum Gasteiger partial charge on any atom is 0.258 e. The molecule has 1 atom stereocenters. The molecule has 0 saturated carbocycles. The van der Waals surface area contributed by atoms with Crippen LogP contribution in [0.1, 0.15) is 44.4 Å². The van der Waals surface area contributed by atoms with Crippen LogP contribution in [0, 0.1) is 0 Å². The Bertz CT molecular complexity index is 478. The van der Waals surface area contributed by atoms with E-state index in [2.05, 4.69) is 5.32 Å². The minimum atomic E-state index is -0.231. The zero-order valence-corrected chi connectivity index (χ0v) is 11.8. The van der Waals surface area contributed by atoms with Gasteiger partial charge in [-0.25, -0.2) is 0 Å². The van der Waals surface area contributed by atoms with E-state index in [1.807, 2.05) is 39.0 Å². The van der Waals surface area contributed by atoms with Crippen LogP contribution < -0.4 is 15.8 Å². The molecule has 1 aromatic carbocycles. The van der Waals surface area contributed by atoms with E-state index in [4.69, 9.17) is 10.5 Å². The topological polar surface area (TPSA) is 64.3 Å². The van der Waals surface area contributed by atoms with Gasteiger partial charge in [0.25, 0.3) is 5.91 Å². The molecule has 0 fully saturated rings. The van der Waals surface area contributed by atoms with Gasteiger partial charge in [0.1, 0.15) is 5.75 Å². The molecule has 19 heavy (non-hydrogen) atoms. The number of nitrogens with one attached hydrogen (secondary N) is 1. The van der Waals surface area contributed by atoms with Crippen molar-refractivity contribution in [1.29, 1.82) is 0 Å². The van der Waals surface area contributed by atoms with Crippen molar-refractivity contribution in [2.45, 2.75) is 45.2 Å². The van der Waals surface area contributed by atoms with Crippen molar-refractivity contribution >= 4 is 5.91 Å². The molecular weight excluding hydrogens is 240 g/mol. The molecule has 0 saturated heterocycles. The molecule has 3 N–H and O–H groups in total. The van der Waals surface area contributed by atoms with Gasteiger partial charge in [-0.15, -0.1) is 0 Å². The normalized spacial score (nSPS) is 18.0. The Balaban J connectivity index is 1.92. The summed E-state index contributed by atoms with van der Waals surface area (Å²) in [5.74, 6) is 0.626. The van der Waals surface area contributed by atoms with Gasteiger partial charge in [-0.3, -0.25) is 4.79 Å².